The van der Waals surface area contributed by atoms with Crippen molar-refractivity contribution in [3.63, 3.8) is 0 Å². The summed E-state index contributed by atoms with van der Waals surface area (Å²) in [7, 11) is -3.53. The first-order valence-corrected chi connectivity index (χ1v) is 10.6. The summed E-state index contributed by atoms with van der Waals surface area (Å²) in [6.45, 7) is 9.69. The van der Waals surface area contributed by atoms with E-state index in [2.05, 4.69) is 16.9 Å². The first kappa shape index (κ1) is 17.6. The van der Waals surface area contributed by atoms with E-state index in [1.54, 1.807) is 15.2 Å². The summed E-state index contributed by atoms with van der Waals surface area (Å²) in [5.74, 6) is 0. The normalized spacial score (nSPS) is 17.7. The topological polar surface area (TPSA) is 58.4 Å². The lowest BCUT2D eigenvalue weighted by Gasteiger charge is -2.33. The Morgan fingerprint density at radius 3 is 2.50 bits per heavy atom. The van der Waals surface area contributed by atoms with Gasteiger partial charge in [0.15, 0.2) is 0 Å². The number of thiophene rings is 1. The molecule has 0 radical (unpaired) electrons. The molecule has 1 fully saturated rings. The van der Waals surface area contributed by atoms with Crippen LogP contribution < -0.4 is 0 Å². The third kappa shape index (κ3) is 3.28. The molecular formula is C16H24N4O2S2. The Morgan fingerprint density at radius 2 is 1.96 bits per heavy atom. The maximum atomic E-state index is 13.2. The molecule has 8 heteroatoms. The zero-order chi connectivity index (χ0) is 17.3. The van der Waals surface area contributed by atoms with E-state index in [0.29, 0.717) is 23.7 Å². The van der Waals surface area contributed by atoms with Crippen molar-refractivity contribution in [2.45, 2.75) is 31.7 Å². The molecule has 132 valence electrons. The minimum atomic E-state index is -3.53. The average Bonchev–Trinajstić information content (AvgIpc) is 3.24. The lowest BCUT2D eigenvalue weighted by molar-refractivity contribution is 0.196. The van der Waals surface area contributed by atoms with Crippen LogP contribution in [0, 0.1) is 0 Å². The lowest BCUT2D eigenvalue weighted by Crippen LogP contribution is -2.48. The molecule has 0 atom stereocenters. The van der Waals surface area contributed by atoms with Crippen molar-refractivity contribution in [3.05, 3.63) is 23.7 Å². The summed E-state index contributed by atoms with van der Waals surface area (Å²) >= 11 is 1.51. The molecular weight excluding hydrogens is 344 g/mol. The minimum absolute atomic E-state index is 0.115. The number of piperazine rings is 1. The molecule has 0 saturated carbocycles. The third-order valence-electron chi connectivity index (χ3n) is 4.38. The summed E-state index contributed by atoms with van der Waals surface area (Å²) < 4.78 is 29.7. The zero-order valence-corrected chi connectivity index (χ0v) is 16.0. The van der Waals surface area contributed by atoms with Gasteiger partial charge < -0.3 is 4.90 Å². The Bertz CT molecular complexity index is 773. The predicted molar refractivity (Wildman–Crippen MR) is 96.8 cm³/mol. The Hall–Kier alpha value is -1.22. The van der Waals surface area contributed by atoms with Gasteiger partial charge in [0, 0.05) is 38.4 Å². The molecule has 0 spiro atoms. The van der Waals surface area contributed by atoms with Crippen LogP contribution in [0.1, 0.15) is 26.8 Å². The van der Waals surface area contributed by atoms with Crippen LogP contribution in [-0.4, -0.2) is 60.1 Å². The van der Waals surface area contributed by atoms with Crippen molar-refractivity contribution >= 4 is 21.4 Å². The second kappa shape index (κ2) is 6.95. The number of hydrogen-bond acceptors (Lipinski definition) is 5. The maximum Gasteiger partial charge on any atom is 0.246 e. The molecule has 0 unspecified atom stereocenters. The molecule has 0 bridgehead atoms. The summed E-state index contributed by atoms with van der Waals surface area (Å²) in [5, 5.41) is 6.50. The summed E-state index contributed by atoms with van der Waals surface area (Å²) in [6.07, 6.45) is 1.68. The molecule has 3 heterocycles. The van der Waals surface area contributed by atoms with Crippen molar-refractivity contribution in [3.8, 4) is 10.6 Å². The van der Waals surface area contributed by atoms with Gasteiger partial charge in [-0.15, -0.1) is 11.3 Å². The fourth-order valence-electron chi connectivity index (χ4n) is 2.84. The molecule has 3 rings (SSSR count). The van der Waals surface area contributed by atoms with Crippen LogP contribution in [0.4, 0.5) is 0 Å². The largest absolute Gasteiger partial charge is 0.301 e. The van der Waals surface area contributed by atoms with Gasteiger partial charge in [-0.25, -0.2) is 8.42 Å². The number of rotatable bonds is 5. The van der Waals surface area contributed by atoms with E-state index in [1.807, 2.05) is 31.4 Å². The molecule has 1 aliphatic rings. The van der Waals surface area contributed by atoms with Gasteiger partial charge >= 0.3 is 0 Å². The van der Waals surface area contributed by atoms with Crippen LogP contribution in [0.3, 0.4) is 0 Å². The standard InChI is InChI=1S/C16H24N4O2S2/c1-4-18-7-9-19(10-8-18)24(21,22)15-12-20(13(2)3)17-16(15)14-6-5-11-23-14/h5-6,11-13H,4,7-10H2,1-3H3. The molecule has 0 amide bonds. The molecule has 2 aromatic heterocycles. The molecule has 1 aliphatic heterocycles. The van der Waals surface area contributed by atoms with Gasteiger partial charge in [-0.05, 0) is 31.8 Å². The average molecular weight is 369 g/mol. The quantitative estimate of drug-likeness (QED) is 0.814. The van der Waals surface area contributed by atoms with E-state index in [9.17, 15) is 8.42 Å². The molecule has 0 aromatic carbocycles. The van der Waals surface area contributed by atoms with E-state index in [0.717, 1.165) is 24.5 Å². The van der Waals surface area contributed by atoms with E-state index >= 15 is 0 Å². The Labute approximate surface area is 147 Å². The van der Waals surface area contributed by atoms with E-state index in [4.69, 9.17) is 0 Å². The van der Waals surface area contributed by atoms with Crippen LogP contribution in [0.2, 0.25) is 0 Å². The lowest BCUT2D eigenvalue weighted by atomic mass is 10.3. The first-order valence-electron chi connectivity index (χ1n) is 8.29. The van der Waals surface area contributed by atoms with Crippen molar-refractivity contribution in [1.82, 2.24) is 19.0 Å². The highest BCUT2D eigenvalue weighted by atomic mass is 32.2. The highest BCUT2D eigenvalue weighted by Crippen LogP contribution is 2.32. The third-order valence-corrected chi connectivity index (χ3v) is 7.15. The van der Waals surface area contributed by atoms with Gasteiger partial charge in [0.25, 0.3) is 0 Å². The molecule has 0 N–H and O–H groups in total. The number of sulfonamides is 1. The second-order valence-electron chi connectivity index (χ2n) is 6.23. The predicted octanol–water partition coefficient (Wildman–Crippen LogP) is 2.52. The van der Waals surface area contributed by atoms with Crippen molar-refractivity contribution in [2.75, 3.05) is 32.7 Å². The monoisotopic (exact) mass is 368 g/mol. The van der Waals surface area contributed by atoms with Gasteiger partial charge in [0.1, 0.15) is 10.6 Å². The molecule has 1 saturated heterocycles. The van der Waals surface area contributed by atoms with Crippen molar-refractivity contribution in [2.24, 2.45) is 0 Å². The summed E-state index contributed by atoms with van der Waals surface area (Å²) in [4.78, 5) is 3.48. The summed E-state index contributed by atoms with van der Waals surface area (Å²) in [5.41, 5.74) is 0.566. The van der Waals surface area contributed by atoms with Crippen LogP contribution >= 0.6 is 11.3 Å². The van der Waals surface area contributed by atoms with E-state index in [-0.39, 0.29) is 6.04 Å². The van der Waals surface area contributed by atoms with E-state index in [1.165, 1.54) is 11.3 Å². The van der Waals surface area contributed by atoms with Crippen LogP contribution in [0.25, 0.3) is 10.6 Å². The van der Waals surface area contributed by atoms with Crippen LogP contribution in [-0.2, 0) is 10.0 Å². The molecule has 6 nitrogen and oxygen atoms in total. The SMILES string of the molecule is CCN1CCN(S(=O)(=O)c2cn(C(C)C)nc2-c2cccs2)CC1. The number of likely N-dealkylation sites (N-methyl/N-ethyl adjacent to an activating group) is 1. The van der Waals surface area contributed by atoms with Gasteiger partial charge in [0.2, 0.25) is 10.0 Å². The van der Waals surface area contributed by atoms with Gasteiger partial charge in [-0.1, -0.05) is 13.0 Å². The fourth-order valence-corrected chi connectivity index (χ4v) is 5.18. The molecule has 0 aliphatic carbocycles. The smallest absolute Gasteiger partial charge is 0.246 e. The second-order valence-corrected chi connectivity index (χ2v) is 9.09. The van der Waals surface area contributed by atoms with Gasteiger partial charge in [-0.3, -0.25) is 4.68 Å². The molecule has 2 aromatic rings. The van der Waals surface area contributed by atoms with Gasteiger partial charge in [-0.2, -0.15) is 9.40 Å². The van der Waals surface area contributed by atoms with Crippen LogP contribution in [0.15, 0.2) is 28.6 Å². The van der Waals surface area contributed by atoms with Crippen molar-refractivity contribution < 1.29 is 8.42 Å². The van der Waals surface area contributed by atoms with Crippen molar-refractivity contribution in [1.29, 1.82) is 0 Å². The highest BCUT2D eigenvalue weighted by Gasteiger charge is 2.32. The minimum Gasteiger partial charge on any atom is -0.301 e. The van der Waals surface area contributed by atoms with E-state index < -0.39 is 10.0 Å². The number of nitrogens with zero attached hydrogens (tertiary/aromatic N) is 4. The maximum absolute atomic E-state index is 13.2. The Balaban J connectivity index is 1.98. The number of aromatic nitrogens is 2. The fraction of sp³-hybridized carbons (Fsp3) is 0.562. The first-order chi connectivity index (χ1) is 11.4. The Kier molecular flexibility index (Phi) is 5.10. The zero-order valence-electron chi connectivity index (χ0n) is 14.3. The highest BCUT2D eigenvalue weighted by molar-refractivity contribution is 7.89. The van der Waals surface area contributed by atoms with Crippen LogP contribution in [0.5, 0.6) is 0 Å². The molecule has 24 heavy (non-hydrogen) atoms. The van der Waals surface area contributed by atoms with Gasteiger partial charge in [0.05, 0.1) is 4.88 Å². The number of hydrogen-bond donors (Lipinski definition) is 0. The summed E-state index contributed by atoms with van der Waals surface area (Å²) in [6, 6.07) is 3.96. The Morgan fingerprint density at radius 1 is 1.25 bits per heavy atom.